The SMILES string of the molecule is CCOC(=O)c1sc(Br)nc1C(F)(F)F. The van der Waals surface area contributed by atoms with Crippen molar-refractivity contribution in [3.05, 3.63) is 14.5 Å². The predicted octanol–water partition coefficient (Wildman–Crippen LogP) is 3.10. The van der Waals surface area contributed by atoms with Gasteiger partial charge in [-0.05, 0) is 22.9 Å². The fraction of sp³-hybridized carbons (Fsp3) is 0.429. The Bertz CT molecular complexity index is 377. The number of thiazole rings is 1. The fourth-order valence-corrected chi connectivity index (χ4v) is 2.19. The molecule has 0 aliphatic carbocycles. The van der Waals surface area contributed by atoms with Gasteiger partial charge in [-0.2, -0.15) is 13.2 Å². The Hall–Kier alpha value is -0.630. The first-order valence-corrected chi connectivity index (χ1v) is 5.37. The summed E-state index contributed by atoms with van der Waals surface area (Å²) < 4.78 is 41.6. The average molecular weight is 304 g/mol. The van der Waals surface area contributed by atoms with E-state index in [0.717, 1.165) is 0 Å². The van der Waals surface area contributed by atoms with Crippen molar-refractivity contribution in [2.24, 2.45) is 0 Å². The molecular weight excluding hydrogens is 299 g/mol. The lowest BCUT2D eigenvalue weighted by molar-refractivity contribution is -0.141. The van der Waals surface area contributed by atoms with Crippen molar-refractivity contribution in [2.45, 2.75) is 13.1 Å². The van der Waals surface area contributed by atoms with Crippen LogP contribution in [0.4, 0.5) is 13.2 Å². The standard InChI is InChI=1S/C7H5BrF3NO2S/c1-2-14-5(13)3-4(7(9,10)11)12-6(8)15-3/h2H2,1H3. The third-order valence-electron chi connectivity index (χ3n) is 1.33. The van der Waals surface area contributed by atoms with Crippen LogP contribution in [0.25, 0.3) is 0 Å². The van der Waals surface area contributed by atoms with E-state index in [9.17, 15) is 18.0 Å². The Morgan fingerprint density at radius 3 is 2.67 bits per heavy atom. The van der Waals surface area contributed by atoms with Gasteiger partial charge in [0.25, 0.3) is 0 Å². The van der Waals surface area contributed by atoms with Gasteiger partial charge in [-0.1, -0.05) is 11.3 Å². The molecule has 0 aliphatic rings. The number of carbonyl (C=O) groups is 1. The number of ether oxygens (including phenoxy) is 1. The van der Waals surface area contributed by atoms with Gasteiger partial charge < -0.3 is 4.74 Å². The van der Waals surface area contributed by atoms with Gasteiger partial charge in [0, 0.05) is 0 Å². The Morgan fingerprint density at radius 2 is 2.20 bits per heavy atom. The number of esters is 1. The summed E-state index contributed by atoms with van der Waals surface area (Å²) >= 11 is 3.39. The summed E-state index contributed by atoms with van der Waals surface area (Å²) in [4.78, 5) is 13.8. The number of hydrogen-bond acceptors (Lipinski definition) is 4. The molecule has 0 bridgehead atoms. The molecule has 0 saturated carbocycles. The Kier molecular flexibility index (Phi) is 3.72. The molecule has 0 spiro atoms. The van der Waals surface area contributed by atoms with Gasteiger partial charge in [-0.3, -0.25) is 0 Å². The van der Waals surface area contributed by atoms with Gasteiger partial charge in [0.15, 0.2) is 9.61 Å². The molecule has 15 heavy (non-hydrogen) atoms. The van der Waals surface area contributed by atoms with Crippen molar-refractivity contribution in [3.8, 4) is 0 Å². The molecule has 0 radical (unpaired) electrons. The van der Waals surface area contributed by atoms with E-state index in [1.807, 2.05) is 0 Å². The lowest BCUT2D eigenvalue weighted by Gasteiger charge is -2.04. The number of halogens is 4. The average Bonchev–Trinajstić information content (AvgIpc) is 2.47. The van der Waals surface area contributed by atoms with Gasteiger partial charge in [-0.15, -0.1) is 0 Å². The lowest BCUT2D eigenvalue weighted by Crippen LogP contribution is -2.13. The molecule has 0 saturated heterocycles. The minimum Gasteiger partial charge on any atom is -0.462 e. The van der Waals surface area contributed by atoms with Crippen molar-refractivity contribution < 1.29 is 22.7 Å². The molecule has 0 fully saturated rings. The fourth-order valence-electron chi connectivity index (χ4n) is 0.821. The first-order valence-electron chi connectivity index (χ1n) is 3.77. The van der Waals surface area contributed by atoms with Gasteiger partial charge in [0.05, 0.1) is 6.61 Å². The van der Waals surface area contributed by atoms with Crippen molar-refractivity contribution in [1.29, 1.82) is 0 Å². The van der Waals surface area contributed by atoms with Crippen LogP contribution in [-0.4, -0.2) is 17.6 Å². The zero-order chi connectivity index (χ0) is 11.6. The molecular formula is C7H5BrF3NO2S. The number of alkyl halides is 3. The van der Waals surface area contributed by atoms with Crippen LogP contribution in [-0.2, 0) is 10.9 Å². The Morgan fingerprint density at radius 1 is 1.60 bits per heavy atom. The summed E-state index contributed by atoms with van der Waals surface area (Å²) in [5, 5.41) is 0. The number of nitrogens with zero attached hydrogens (tertiary/aromatic N) is 1. The smallest absolute Gasteiger partial charge is 0.435 e. The second-order valence-corrected chi connectivity index (χ2v) is 4.64. The van der Waals surface area contributed by atoms with Crippen molar-refractivity contribution >= 4 is 33.2 Å². The van der Waals surface area contributed by atoms with Gasteiger partial charge in [0.1, 0.15) is 4.88 Å². The van der Waals surface area contributed by atoms with Crippen molar-refractivity contribution in [3.63, 3.8) is 0 Å². The summed E-state index contributed by atoms with van der Waals surface area (Å²) in [6.07, 6.45) is -4.65. The van der Waals surface area contributed by atoms with E-state index in [2.05, 4.69) is 25.7 Å². The van der Waals surface area contributed by atoms with Crippen LogP contribution in [0.15, 0.2) is 3.92 Å². The van der Waals surface area contributed by atoms with Crippen LogP contribution in [0.2, 0.25) is 0 Å². The summed E-state index contributed by atoms with van der Waals surface area (Å²) in [7, 11) is 0. The maximum Gasteiger partial charge on any atom is 0.435 e. The highest BCUT2D eigenvalue weighted by atomic mass is 79.9. The number of rotatable bonds is 2. The van der Waals surface area contributed by atoms with E-state index in [1.165, 1.54) is 6.92 Å². The summed E-state index contributed by atoms with van der Waals surface area (Å²) in [5.41, 5.74) is -1.21. The molecule has 0 aromatic carbocycles. The zero-order valence-corrected chi connectivity index (χ0v) is 9.79. The number of hydrogen-bond donors (Lipinski definition) is 0. The molecule has 0 amide bonds. The van der Waals surface area contributed by atoms with E-state index >= 15 is 0 Å². The van der Waals surface area contributed by atoms with Gasteiger partial charge >= 0.3 is 12.1 Å². The van der Waals surface area contributed by atoms with Crippen LogP contribution in [0.1, 0.15) is 22.3 Å². The Labute approximate surface area is 95.4 Å². The summed E-state index contributed by atoms with van der Waals surface area (Å²) in [6, 6.07) is 0. The molecule has 0 aliphatic heterocycles. The third kappa shape index (κ3) is 2.91. The molecule has 0 N–H and O–H groups in total. The van der Waals surface area contributed by atoms with Crippen LogP contribution >= 0.6 is 27.3 Å². The monoisotopic (exact) mass is 303 g/mol. The van der Waals surface area contributed by atoms with E-state index < -0.39 is 22.7 Å². The van der Waals surface area contributed by atoms with Crippen LogP contribution in [0.3, 0.4) is 0 Å². The molecule has 0 atom stereocenters. The van der Waals surface area contributed by atoms with Crippen LogP contribution < -0.4 is 0 Å². The van der Waals surface area contributed by atoms with E-state index in [1.54, 1.807) is 0 Å². The zero-order valence-electron chi connectivity index (χ0n) is 7.39. The summed E-state index contributed by atoms with van der Waals surface area (Å²) in [6.45, 7) is 1.53. The maximum atomic E-state index is 12.4. The summed E-state index contributed by atoms with van der Waals surface area (Å²) in [5.74, 6) is -1.01. The molecule has 1 aromatic rings. The van der Waals surface area contributed by atoms with E-state index in [-0.39, 0.29) is 10.5 Å². The second-order valence-electron chi connectivity index (χ2n) is 2.36. The second kappa shape index (κ2) is 4.48. The molecule has 8 heteroatoms. The minimum absolute atomic E-state index is 0.00196. The van der Waals surface area contributed by atoms with Gasteiger partial charge in [-0.25, -0.2) is 9.78 Å². The highest BCUT2D eigenvalue weighted by Crippen LogP contribution is 2.36. The van der Waals surface area contributed by atoms with E-state index in [0.29, 0.717) is 11.3 Å². The molecule has 84 valence electrons. The minimum atomic E-state index is -4.65. The highest BCUT2D eigenvalue weighted by Gasteiger charge is 2.39. The molecule has 1 heterocycles. The van der Waals surface area contributed by atoms with Crippen molar-refractivity contribution in [1.82, 2.24) is 4.98 Å². The topological polar surface area (TPSA) is 39.2 Å². The molecule has 1 aromatic heterocycles. The molecule has 3 nitrogen and oxygen atoms in total. The number of aromatic nitrogens is 1. The first kappa shape index (κ1) is 12.4. The molecule has 1 rings (SSSR count). The highest BCUT2D eigenvalue weighted by molar-refractivity contribution is 9.11. The van der Waals surface area contributed by atoms with Crippen molar-refractivity contribution in [2.75, 3.05) is 6.61 Å². The maximum absolute atomic E-state index is 12.4. The predicted molar refractivity (Wildman–Crippen MR) is 50.8 cm³/mol. The van der Waals surface area contributed by atoms with Gasteiger partial charge in [0.2, 0.25) is 0 Å². The van der Waals surface area contributed by atoms with Crippen LogP contribution in [0.5, 0.6) is 0 Å². The third-order valence-corrected chi connectivity index (χ3v) is 2.82. The quantitative estimate of drug-likeness (QED) is 0.788. The largest absolute Gasteiger partial charge is 0.462 e. The first-order chi connectivity index (χ1) is 6.86. The molecule has 0 unspecified atom stereocenters. The van der Waals surface area contributed by atoms with Crippen LogP contribution in [0, 0.1) is 0 Å². The lowest BCUT2D eigenvalue weighted by atomic mass is 10.3. The number of carbonyl (C=O) groups excluding carboxylic acids is 1. The normalized spacial score (nSPS) is 11.5. The Balaban J connectivity index is 3.12. The van der Waals surface area contributed by atoms with E-state index in [4.69, 9.17) is 0 Å².